The largest absolute Gasteiger partial charge is 0.394 e. The topological polar surface area (TPSA) is 126 Å². The molecule has 126 valence electrons. The highest BCUT2D eigenvalue weighted by Gasteiger charge is 2.54. The van der Waals surface area contributed by atoms with E-state index in [-0.39, 0.29) is 10.6 Å². The van der Waals surface area contributed by atoms with Crippen molar-refractivity contribution < 1.29 is 30.3 Å². The summed E-state index contributed by atoms with van der Waals surface area (Å²) in [6, 6.07) is 3.42. The van der Waals surface area contributed by atoms with E-state index in [1.807, 2.05) is 0 Å². The number of aromatic nitrogens is 1. The third kappa shape index (κ3) is 2.50. The van der Waals surface area contributed by atoms with Crippen molar-refractivity contribution in [1.82, 2.24) is 4.98 Å². The van der Waals surface area contributed by atoms with Crippen LogP contribution in [0.25, 0.3) is 10.9 Å². The van der Waals surface area contributed by atoms with Gasteiger partial charge in [0.2, 0.25) is 5.79 Å². The Morgan fingerprint density at radius 2 is 1.96 bits per heavy atom. The Hall–Kier alpha value is -0.710. The fraction of sp³-hybridized carbons (Fsp3) is 0.429. The predicted octanol–water partition coefficient (Wildman–Crippen LogP) is 0.203. The molecule has 0 bridgehead atoms. The molecular formula is C14H15BrClNO6. The van der Waals surface area contributed by atoms with Gasteiger partial charge in [-0.05, 0) is 28.1 Å². The van der Waals surface area contributed by atoms with Crippen LogP contribution in [0.3, 0.4) is 0 Å². The van der Waals surface area contributed by atoms with Crippen molar-refractivity contribution >= 4 is 38.4 Å². The molecule has 7 nitrogen and oxygen atoms in total. The Labute approximate surface area is 144 Å². The lowest BCUT2D eigenvalue weighted by Crippen LogP contribution is -2.63. The van der Waals surface area contributed by atoms with Crippen molar-refractivity contribution in [3.63, 3.8) is 0 Å². The summed E-state index contributed by atoms with van der Waals surface area (Å²) in [7, 11) is 0. The van der Waals surface area contributed by atoms with Gasteiger partial charge in [-0.1, -0.05) is 11.6 Å². The molecule has 0 amide bonds. The first-order valence-corrected chi connectivity index (χ1v) is 7.99. The molecule has 0 aliphatic carbocycles. The molecule has 6 N–H and O–H groups in total. The minimum absolute atomic E-state index is 0.0932. The van der Waals surface area contributed by atoms with Crippen molar-refractivity contribution in [2.45, 2.75) is 30.2 Å². The van der Waals surface area contributed by atoms with Gasteiger partial charge in [-0.15, -0.1) is 0 Å². The van der Waals surface area contributed by atoms with Gasteiger partial charge in [0.25, 0.3) is 0 Å². The fourth-order valence-corrected chi connectivity index (χ4v) is 3.41. The summed E-state index contributed by atoms with van der Waals surface area (Å²) in [5, 5.41) is 50.8. The third-order valence-electron chi connectivity index (χ3n) is 4.09. The van der Waals surface area contributed by atoms with Crippen molar-refractivity contribution in [3.05, 3.63) is 33.4 Å². The van der Waals surface area contributed by atoms with Crippen LogP contribution in [0, 0.1) is 0 Å². The van der Waals surface area contributed by atoms with Crippen molar-refractivity contribution in [2.24, 2.45) is 0 Å². The minimum atomic E-state index is -2.35. The van der Waals surface area contributed by atoms with Crippen LogP contribution in [-0.4, -0.2) is 61.5 Å². The lowest BCUT2D eigenvalue weighted by atomic mass is 9.88. The van der Waals surface area contributed by atoms with Gasteiger partial charge in [0, 0.05) is 27.1 Å². The first-order chi connectivity index (χ1) is 10.8. The number of benzene rings is 1. The number of rotatable bonds is 2. The molecule has 0 saturated carbocycles. The second kappa shape index (κ2) is 5.98. The van der Waals surface area contributed by atoms with E-state index in [1.54, 1.807) is 12.1 Å². The molecule has 0 radical (unpaired) electrons. The number of fused-ring (bicyclic) bond motifs is 1. The maximum absolute atomic E-state index is 10.9. The van der Waals surface area contributed by atoms with Crippen molar-refractivity contribution in [2.75, 3.05) is 6.61 Å². The van der Waals surface area contributed by atoms with Gasteiger partial charge in [-0.2, -0.15) is 0 Å². The van der Waals surface area contributed by atoms with Crippen LogP contribution in [0.2, 0.25) is 5.02 Å². The summed E-state index contributed by atoms with van der Waals surface area (Å²) < 4.78 is 5.89. The standard InChI is InChI=1S/C14H15BrClNO6/c15-6-1-2-7-9(10(6)16)5(3-17-7)14(22)13(21)12(20)11(19)8(4-18)23-14/h1-3,8,11-13,17-22H,4H2/t8-,11+,12+,13-,14?/m1/s1. The summed E-state index contributed by atoms with van der Waals surface area (Å²) in [5.41, 5.74) is 0.675. The number of aliphatic hydroxyl groups is 5. The van der Waals surface area contributed by atoms with Gasteiger partial charge in [-0.25, -0.2) is 0 Å². The number of hydrogen-bond acceptors (Lipinski definition) is 6. The van der Waals surface area contributed by atoms with Crippen LogP contribution < -0.4 is 0 Å². The molecule has 0 spiro atoms. The van der Waals surface area contributed by atoms with E-state index in [2.05, 4.69) is 20.9 Å². The van der Waals surface area contributed by atoms with Crippen LogP contribution in [0.5, 0.6) is 0 Å². The molecule has 23 heavy (non-hydrogen) atoms. The van der Waals surface area contributed by atoms with E-state index < -0.39 is 36.8 Å². The number of nitrogens with one attached hydrogen (secondary N) is 1. The molecule has 5 atom stereocenters. The number of aliphatic hydroxyl groups excluding tert-OH is 4. The smallest absolute Gasteiger partial charge is 0.224 e. The number of H-pyrrole nitrogens is 1. The highest BCUT2D eigenvalue weighted by Crippen LogP contribution is 2.43. The summed E-state index contributed by atoms with van der Waals surface area (Å²) in [4.78, 5) is 2.90. The zero-order chi connectivity index (χ0) is 16.9. The molecule has 1 saturated heterocycles. The maximum atomic E-state index is 10.9. The predicted molar refractivity (Wildman–Crippen MR) is 84.9 cm³/mol. The second-order valence-corrected chi connectivity index (χ2v) is 6.68. The van der Waals surface area contributed by atoms with Crippen LogP contribution >= 0.6 is 27.5 Å². The van der Waals surface area contributed by atoms with Crippen LogP contribution in [0.15, 0.2) is 22.8 Å². The molecule has 2 aromatic rings. The Morgan fingerprint density at radius 1 is 1.26 bits per heavy atom. The lowest BCUT2D eigenvalue weighted by Gasteiger charge is -2.45. The molecule has 1 aromatic heterocycles. The van der Waals surface area contributed by atoms with Gasteiger partial charge in [0.1, 0.15) is 24.4 Å². The summed E-state index contributed by atoms with van der Waals surface area (Å²) in [6.07, 6.45) is -4.96. The molecule has 1 aromatic carbocycles. The molecule has 1 fully saturated rings. The Bertz CT molecular complexity index is 737. The fourth-order valence-electron chi connectivity index (χ4n) is 2.82. The van der Waals surface area contributed by atoms with Crippen LogP contribution in [0.4, 0.5) is 0 Å². The first-order valence-electron chi connectivity index (χ1n) is 6.82. The van der Waals surface area contributed by atoms with Gasteiger partial charge >= 0.3 is 0 Å². The average Bonchev–Trinajstić information content (AvgIpc) is 2.98. The van der Waals surface area contributed by atoms with Gasteiger partial charge in [-0.3, -0.25) is 0 Å². The Morgan fingerprint density at radius 3 is 2.61 bits per heavy atom. The van der Waals surface area contributed by atoms with E-state index in [1.165, 1.54) is 6.20 Å². The van der Waals surface area contributed by atoms with Crippen LogP contribution in [0.1, 0.15) is 5.56 Å². The first kappa shape index (κ1) is 17.1. The molecular weight excluding hydrogens is 394 g/mol. The molecule has 1 aliphatic heterocycles. The summed E-state index contributed by atoms with van der Waals surface area (Å²) >= 11 is 9.54. The van der Waals surface area contributed by atoms with Gasteiger partial charge < -0.3 is 35.3 Å². The van der Waals surface area contributed by atoms with E-state index in [0.717, 1.165) is 0 Å². The average molecular weight is 409 g/mol. The number of halogens is 2. The Balaban J connectivity index is 2.18. The van der Waals surface area contributed by atoms with E-state index in [9.17, 15) is 25.5 Å². The van der Waals surface area contributed by atoms with E-state index in [4.69, 9.17) is 16.3 Å². The Kier molecular flexibility index (Phi) is 4.45. The lowest BCUT2D eigenvalue weighted by molar-refractivity contribution is -0.357. The number of hydrogen-bond donors (Lipinski definition) is 6. The molecule has 3 rings (SSSR count). The highest BCUT2D eigenvalue weighted by molar-refractivity contribution is 9.10. The summed E-state index contributed by atoms with van der Waals surface area (Å²) in [5.74, 6) is -2.35. The third-order valence-corrected chi connectivity index (χ3v) is 5.37. The molecule has 1 aliphatic rings. The highest BCUT2D eigenvalue weighted by atomic mass is 79.9. The second-order valence-electron chi connectivity index (χ2n) is 5.45. The quantitative estimate of drug-likeness (QED) is 0.422. The van der Waals surface area contributed by atoms with Crippen LogP contribution in [-0.2, 0) is 10.5 Å². The minimum Gasteiger partial charge on any atom is -0.394 e. The normalized spacial score (nSPS) is 34.9. The SMILES string of the molecule is OC[C@H]1OC(O)(c2c[nH]c3ccc(Br)c(Cl)c23)[C@H](O)[C@@H](O)[C@H]1O. The van der Waals surface area contributed by atoms with Crippen molar-refractivity contribution in [3.8, 4) is 0 Å². The van der Waals surface area contributed by atoms with E-state index >= 15 is 0 Å². The molecule has 2 heterocycles. The monoisotopic (exact) mass is 407 g/mol. The van der Waals surface area contributed by atoms with Gasteiger partial charge in [0.05, 0.1) is 11.6 Å². The summed E-state index contributed by atoms with van der Waals surface area (Å²) in [6.45, 7) is -0.646. The number of aromatic amines is 1. The molecule has 9 heteroatoms. The zero-order valence-electron chi connectivity index (χ0n) is 11.6. The zero-order valence-corrected chi connectivity index (χ0v) is 14.0. The van der Waals surface area contributed by atoms with Crippen molar-refractivity contribution in [1.29, 1.82) is 0 Å². The van der Waals surface area contributed by atoms with Gasteiger partial charge in [0.15, 0.2) is 0 Å². The van der Waals surface area contributed by atoms with E-state index in [0.29, 0.717) is 15.4 Å². The molecule has 1 unspecified atom stereocenters. The maximum Gasteiger partial charge on any atom is 0.224 e. The number of ether oxygens (including phenoxy) is 1.